The minimum Gasteiger partial charge on any atom is -0.282 e. The van der Waals surface area contributed by atoms with Crippen LogP contribution in [0.1, 0.15) is 6.92 Å². The molecule has 0 bridgehead atoms. The van der Waals surface area contributed by atoms with Crippen molar-refractivity contribution < 1.29 is 47.3 Å². The van der Waals surface area contributed by atoms with Crippen LogP contribution in [0.5, 0.6) is 0 Å². The molecule has 1 unspecified atom stereocenters. The van der Waals surface area contributed by atoms with E-state index in [1.807, 2.05) is 6.07 Å². The van der Waals surface area contributed by atoms with Crippen molar-refractivity contribution in [1.82, 2.24) is 0 Å². The SMILES string of the molecule is CC1=NN(c2ccccc2)C(=O)C1N=Nc1ccccc1S(=O)(=O)O.[Na+]. The second-order valence-electron chi connectivity index (χ2n) is 5.29. The third-order valence-corrected chi connectivity index (χ3v) is 4.42. The molecule has 0 saturated carbocycles. The molecule has 1 aliphatic rings. The van der Waals surface area contributed by atoms with E-state index in [0.29, 0.717) is 11.4 Å². The number of para-hydroxylation sites is 1. The maximum Gasteiger partial charge on any atom is 1.00 e. The molecule has 0 spiro atoms. The number of nitrogens with zero attached hydrogens (tertiary/aromatic N) is 4. The van der Waals surface area contributed by atoms with Crippen molar-refractivity contribution in [2.75, 3.05) is 5.01 Å². The number of anilines is 1. The van der Waals surface area contributed by atoms with Gasteiger partial charge in [0.15, 0.2) is 6.04 Å². The van der Waals surface area contributed by atoms with E-state index < -0.39 is 22.1 Å². The summed E-state index contributed by atoms with van der Waals surface area (Å²) in [6.45, 7) is 1.64. The molecular weight excluding hydrogens is 367 g/mol. The van der Waals surface area contributed by atoms with Crippen LogP contribution in [0.4, 0.5) is 11.4 Å². The summed E-state index contributed by atoms with van der Waals surface area (Å²) >= 11 is 0. The van der Waals surface area contributed by atoms with Crippen molar-refractivity contribution in [1.29, 1.82) is 0 Å². The molecule has 3 rings (SSSR count). The molecule has 0 radical (unpaired) electrons. The number of carbonyl (C=O) groups is 1. The Kier molecular flexibility index (Phi) is 6.43. The van der Waals surface area contributed by atoms with Gasteiger partial charge in [-0.05, 0) is 31.2 Å². The van der Waals surface area contributed by atoms with Gasteiger partial charge in [-0.2, -0.15) is 28.8 Å². The molecule has 2 aromatic rings. The molecule has 0 saturated heterocycles. The summed E-state index contributed by atoms with van der Waals surface area (Å²) in [5.74, 6) is -0.392. The van der Waals surface area contributed by atoms with E-state index in [9.17, 15) is 17.8 Å². The zero-order valence-electron chi connectivity index (χ0n) is 14.1. The smallest absolute Gasteiger partial charge is 0.282 e. The van der Waals surface area contributed by atoms with Crippen LogP contribution in [0.15, 0.2) is 74.8 Å². The Morgan fingerprint density at radius 1 is 1.08 bits per heavy atom. The minimum absolute atomic E-state index is 0. The molecular formula is C16H14N4NaO4S+. The summed E-state index contributed by atoms with van der Waals surface area (Å²) in [5.41, 5.74) is 0.980. The summed E-state index contributed by atoms with van der Waals surface area (Å²) < 4.78 is 32.0. The van der Waals surface area contributed by atoms with Gasteiger partial charge in [0, 0.05) is 0 Å². The Balaban J connectivity index is 0.00000243. The molecule has 0 aliphatic carbocycles. The molecule has 1 atom stereocenters. The number of benzene rings is 2. The Morgan fingerprint density at radius 3 is 2.35 bits per heavy atom. The standard InChI is InChI=1S/C16H14N4O4S.Na/c1-11-15(16(21)20(19-11)12-7-3-2-4-8-12)18-17-13-9-5-6-10-14(13)25(22,23)24;/h2-10,15H,1H3,(H,22,23,24);/q;+1. The number of carbonyl (C=O) groups excluding carboxylic acids is 1. The van der Waals surface area contributed by atoms with E-state index in [2.05, 4.69) is 15.3 Å². The summed E-state index contributed by atoms with van der Waals surface area (Å²) in [6, 6.07) is 13.5. The quantitative estimate of drug-likeness (QED) is 0.449. The van der Waals surface area contributed by atoms with Crippen LogP contribution in [0, 0.1) is 0 Å². The van der Waals surface area contributed by atoms with E-state index in [1.54, 1.807) is 37.3 Å². The van der Waals surface area contributed by atoms with E-state index in [4.69, 9.17) is 0 Å². The molecule has 0 fully saturated rings. The number of hydrogen-bond acceptors (Lipinski definition) is 6. The van der Waals surface area contributed by atoms with E-state index in [1.165, 1.54) is 23.2 Å². The number of rotatable bonds is 4. The molecule has 0 aromatic heterocycles. The van der Waals surface area contributed by atoms with Crippen molar-refractivity contribution in [2.24, 2.45) is 15.3 Å². The maximum absolute atomic E-state index is 12.5. The van der Waals surface area contributed by atoms with E-state index >= 15 is 0 Å². The van der Waals surface area contributed by atoms with Crippen molar-refractivity contribution in [3.63, 3.8) is 0 Å². The van der Waals surface area contributed by atoms with Crippen LogP contribution in [0.3, 0.4) is 0 Å². The monoisotopic (exact) mass is 381 g/mol. The predicted octanol–water partition coefficient (Wildman–Crippen LogP) is -0.188. The zero-order valence-corrected chi connectivity index (χ0v) is 17.0. The van der Waals surface area contributed by atoms with Crippen LogP contribution in [-0.4, -0.2) is 30.6 Å². The Morgan fingerprint density at radius 2 is 1.69 bits per heavy atom. The van der Waals surface area contributed by atoms with Gasteiger partial charge in [0.1, 0.15) is 10.6 Å². The van der Waals surface area contributed by atoms with Crippen LogP contribution in [0.25, 0.3) is 0 Å². The Hall–Kier alpha value is -1.91. The molecule has 2 aromatic carbocycles. The Labute approximate surface area is 172 Å². The zero-order chi connectivity index (χ0) is 18.0. The largest absolute Gasteiger partial charge is 1.00 e. The molecule has 1 N–H and O–H groups in total. The molecule has 128 valence electrons. The molecule has 1 amide bonds. The topological polar surface area (TPSA) is 112 Å². The normalized spacial score (nSPS) is 17.3. The first kappa shape index (κ1) is 20.4. The van der Waals surface area contributed by atoms with Gasteiger partial charge in [-0.15, -0.1) is 0 Å². The fourth-order valence-electron chi connectivity index (χ4n) is 2.32. The third-order valence-electron chi connectivity index (χ3n) is 3.52. The predicted molar refractivity (Wildman–Crippen MR) is 91.6 cm³/mol. The van der Waals surface area contributed by atoms with Crippen LogP contribution >= 0.6 is 0 Å². The number of hydrogen-bond donors (Lipinski definition) is 1. The molecule has 8 nitrogen and oxygen atoms in total. The fourth-order valence-corrected chi connectivity index (χ4v) is 2.94. The van der Waals surface area contributed by atoms with Crippen molar-refractivity contribution in [2.45, 2.75) is 17.9 Å². The summed E-state index contributed by atoms with van der Waals surface area (Å²) in [4.78, 5) is 12.1. The van der Waals surface area contributed by atoms with Crippen molar-refractivity contribution >= 4 is 33.1 Å². The van der Waals surface area contributed by atoms with Crippen LogP contribution < -0.4 is 34.6 Å². The molecule has 10 heteroatoms. The second kappa shape index (κ2) is 8.19. The van der Waals surface area contributed by atoms with Gasteiger partial charge >= 0.3 is 29.6 Å². The molecule has 26 heavy (non-hydrogen) atoms. The first-order valence-electron chi connectivity index (χ1n) is 7.29. The first-order valence-corrected chi connectivity index (χ1v) is 8.73. The van der Waals surface area contributed by atoms with Crippen molar-refractivity contribution in [3.8, 4) is 0 Å². The van der Waals surface area contributed by atoms with Gasteiger partial charge in [0.05, 0.1) is 11.4 Å². The van der Waals surface area contributed by atoms with Gasteiger partial charge in [0.2, 0.25) is 0 Å². The summed E-state index contributed by atoms with van der Waals surface area (Å²) in [5, 5.41) is 13.2. The number of amides is 1. The summed E-state index contributed by atoms with van der Waals surface area (Å²) in [7, 11) is -4.44. The second-order valence-corrected chi connectivity index (χ2v) is 6.68. The first-order chi connectivity index (χ1) is 11.9. The fraction of sp³-hybridized carbons (Fsp3) is 0.125. The maximum atomic E-state index is 12.5. The minimum atomic E-state index is -4.44. The van der Waals surface area contributed by atoms with Gasteiger partial charge < -0.3 is 0 Å². The average Bonchev–Trinajstić information content (AvgIpc) is 2.87. The molecule has 1 aliphatic heterocycles. The van der Waals surface area contributed by atoms with Gasteiger partial charge in [-0.1, -0.05) is 30.3 Å². The van der Waals surface area contributed by atoms with Gasteiger partial charge in [-0.3, -0.25) is 9.35 Å². The van der Waals surface area contributed by atoms with Gasteiger partial charge in [0.25, 0.3) is 16.0 Å². The third kappa shape index (κ3) is 4.25. The van der Waals surface area contributed by atoms with E-state index in [0.717, 1.165) is 0 Å². The Bertz CT molecular complexity index is 977. The van der Waals surface area contributed by atoms with Gasteiger partial charge in [-0.25, -0.2) is 0 Å². The molecule has 1 heterocycles. The van der Waals surface area contributed by atoms with Crippen molar-refractivity contribution in [3.05, 3.63) is 54.6 Å². The van der Waals surface area contributed by atoms with Crippen LogP contribution in [-0.2, 0) is 14.9 Å². The van der Waals surface area contributed by atoms with Crippen LogP contribution in [0.2, 0.25) is 0 Å². The van der Waals surface area contributed by atoms with E-state index in [-0.39, 0.29) is 40.1 Å². The number of azo groups is 1. The summed E-state index contributed by atoms with van der Waals surface area (Å²) in [6.07, 6.45) is 0. The average molecular weight is 381 g/mol. The number of hydrazone groups is 1.